The quantitative estimate of drug-likeness (QED) is 0.585. The van der Waals surface area contributed by atoms with Gasteiger partial charge in [0.25, 0.3) is 0 Å². The number of hydrogen-bond donors (Lipinski definition) is 1. The minimum atomic E-state index is -3.54. The molecule has 0 bridgehead atoms. The number of unbranched alkanes of at least 4 members (excludes halogenated alkanes) is 2. The molecule has 0 amide bonds. The molecular weight excluding hydrogens is 306 g/mol. The molecule has 2 N–H and O–H groups in total. The molecule has 0 aliphatic rings. The van der Waals surface area contributed by atoms with Crippen molar-refractivity contribution in [2.45, 2.75) is 51.0 Å². The summed E-state index contributed by atoms with van der Waals surface area (Å²) in [5.41, 5.74) is 5.89. The number of thiocarbonyl (C=S) groups is 1. The van der Waals surface area contributed by atoms with Crippen molar-refractivity contribution in [3.05, 3.63) is 24.0 Å². The number of pyridine rings is 1. The molecule has 0 aliphatic heterocycles. The lowest BCUT2D eigenvalue weighted by Crippen LogP contribution is -2.37. The minimum absolute atomic E-state index is 0.0953. The fourth-order valence-electron chi connectivity index (χ4n) is 1.99. The predicted octanol–water partition coefficient (Wildman–Crippen LogP) is 2.31. The Hall–Kier alpha value is -1.05. The number of sulfonamides is 1. The first-order valence-electron chi connectivity index (χ1n) is 7.08. The summed E-state index contributed by atoms with van der Waals surface area (Å²) >= 11 is 4.82. The van der Waals surface area contributed by atoms with Gasteiger partial charge in [-0.05, 0) is 32.4 Å². The molecular formula is C14H23N3O2S2. The molecule has 1 heterocycles. The fourth-order valence-corrected chi connectivity index (χ4v) is 3.73. The molecule has 0 atom stereocenters. The molecule has 0 unspecified atom stereocenters. The minimum Gasteiger partial charge on any atom is -0.388 e. The number of nitrogens with zero attached hydrogens (tertiary/aromatic N) is 2. The van der Waals surface area contributed by atoms with E-state index in [2.05, 4.69) is 11.9 Å². The van der Waals surface area contributed by atoms with Crippen molar-refractivity contribution in [3.63, 3.8) is 0 Å². The van der Waals surface area contributed by atoms with E-state index in [9.17, 15) is 8.42 Å². The van der Waals surface area contributed by atoms with Crippen LogP contribution < -0.4 is 5.73 Å². The van der Waals surface area contributed by atoms with Crippen LogP contribution in [0, 0.1) is 0 Å². The molecule has 0 fully saturated rings. The molecule has 5 nitrogen and oxygen atoms in total. The van der Waals surface area contributed by atoms with Crippen LogP contribution in [-0.4, -0.2) is 35.3 Å². The molecule has 118 valence electrons. The van der Waals surface area contributed by atoms with Crippen LogP contribution in [0.3, 0.4) is 0 Å². The van der Waals surface area contributed by atoms with E-state index >= 15 is 0 Å². The summed E-state index contributed by atoms with van der Waals surface area (Å²) in [6.45, 7) is 6.36. The van der Waals surface area contributed by atoms with E-state index in [1.54, 1.807) is 6.07 Å². The first kappa shape index (κ1) is 18.0. The van der Waals surface area contributed by atoms with Crippen LogP contribution >= 0.6 is 12.2 Å². The van der Waals surface area contributed by atoms with E-state index in [4.69, 9.17) is 18.0 Å². The van der Waals surface area contributed by atoms with Crippen molar-refractivity contribution in [2.24, 2.45) is 5.73 Å². The van der Waals surface area contributed by atoms with E-state index in [1.807, 2.05) is 13.8 Å². The van der Waals surface area contributed by atoms with Crippen LogP contribution in [-0.2, 0) is 10.0 Å². The molecule has 1 rings (SSSR count). The Morgan fingerprint density at radius 1 is 1.38 bits per heavy atom. The lowest BCUT2D eigenvalue weighted by Gasteiger charge is -2.25. The fraction of sp³-hybridized carbons (Fsp3) is 0.571. The Bertz CT molecular complexity index is 568. The number of rotatable bonds is 8. The second kappa shape index (κ2) is 7.82. The van der Waals surface area contributed by atoms with E-state index < -0.39 is 10.0 Å². The molecule has 0 radical (unpaired) electrons. The molecule has 1 aromatic rings. The SMILES string of the molecule is CCCCCN(C(C)C)S(=O)(=O)c1ccc(C(N)=S)nc1. The summed E-state index contributed by atoms with van der Waals surface area (Å²) in [6.07, 6.45) is 4.24. The van der Waals surface area contributed by atoms with Crippen molar-refractivity contribution in [2.75, 3.05) is 6.54 Å². The third-order valence-corrected chi connectivity index (χ3v) is 5.42. The second-order valence-corrected chi connectivity index (χ2v) is 7.49. The van der Waals surface area contributed by atoms with Gasteiger partial charge in [-0.1, -0.05) is 32.0 Å². The van der Waals surface area contributed by atoms with Crippen LogP contribution in [0.25, 0.3) is 0 Å². The van der Waals surface area contributed by atoms with Crippen molar-refractivity contribution >= 4 is 27.2 Å². The van der Waals surface area contributed by atoms with Gasteiger partial charge in [0.2, 0.25) is 10.0 Å². The highest BCUT2D eigenvalue weighted by molar-refractivity contribution is 7.89. The average Bonchev–Trinajstić information content (AvgIpc) is 2.43. The van der Waals surface area contributed by atoms with Crippen molar-refractivity contribution in [3.8, 4) is 0 Å². The number of aromatic nitrogens is 1. The normalized spacial score (nSPS) is 12.0. The highest BCUT2D eigenvalue weighted by atomic mass is 32.2. The molecule has 21 heavy (non-hydrogen) atoms. The van der Waals surface area contributed by atoms with Gasteiger partial charge in [-0.25, -0.2) is 8.42 Å². The Morgan fingerprint density at radius 2 is 2.05 bits per heavy atom. The smallest absolute Gasteiger partial charge is 0.244 e. The van der Waals surface area contributed by atoms with Crippen LogP contribution in [0.5, 0.6) is 0 Å². The van der Waals surface area contributed by atoms with E-state index in [1.165, 1.54) is 16.6 Å². The van der Waals surface area contributed by atoms with Gasteiger partial charge >= 0.3 is 0 Å². The van der Waals surface area contributed by atoms with Gasteiger partial charge in [0.05, 0.1) is 5.69 Å². The first-order valence-corrected chi connectivity index (χ1v) is 8.93. The molecule has 0 saturated heterocycles. The predicted molar refractivity (Wildman–Crippen MR) is 88.7 cm³/mol. The van der Waals surface area contributed by atoms with E-state index in [0.29, 0.717) is 12.2 Å². The lowest BCUT2D eigenvalue weighted by atomic mass is 10.2. The Labute approximate surface area is 132 Å². The van der Waals surface area contributed by atoms with Gasteiger partial charge in [0, 0.05) is 18.8 Å². The number of hydrogen-bond acceptors (Lipinski definition) is 4. The van der Waals surface area contributed by atoms with Crippen LogP contribution in [0.15, 0.2) is 23.2 Å². The van der Waals surface area contributed by atoms with Crippen LogP contribution in [0.4, 0.5) is 0 Å². The monoisotopic (exact) mass is 329 g/mol. The largest absolute Gasteiger partial charge is 0.388 e. The summed E-state index contributed by atoms with van der Waals surface area (Å²) in [7, 11) is -3.54. The third kappa shape index (κ3) is 4.72. The van der Waals surface area contributed by atoms with Crippen molar-refractivity contribution in [1.82, 2.24) is 9.29 Å². The van der Waals surface area contributed by atoms with E-state index in [-0.39, 0.29) is 15.9 Å². The molecule has 0 spiro atoms. The molecule has 0 aliphatic carbocycles. The van der Waals surface area contributed by atoms with Gasteiger partial charge in [-0.3, -0.25) is 4.98 Å². The summed E-state index contributed by atoms with van der Waals surface area (Å²) < 4.78 is 26.9. The van der Waals surface area contributed by atoms with Crippen molar-refractivity contribution in [1.29, 1.82) is 0 Å². The van der Waals surface area contributed by atoms with Gasteiger partial charge in [-0.2, -0.15) is 4.31 Å². The Balaban J connectivity index is 3.02. The Kier molecular flexibility index (Phi) is 6.70. The average molecular weight is 329 g/mol. The zero-order valence-electron chi connectivity index (χ0n) is 12.7. The maximum Gasteiger partial charge on any atom is 0.244 e. The number of nitrogens with two attached hydrogens (primary N) is 1. The first-order chi connectivity index (χ1) is 9.80. The highest BCUT2D eigenvalue weighted by Crippen LogP contribution is 2.18. The molecule has 0 saturated carbocycles. The van der Waals surface area contributed by atoms with Gasteiger partial charge in [-0.15, -0.1) is 0 Å². The summed E-state index contributed by atoms with van der Waals surface area (Å²) in [6, 6.07) is 2.95. The molecule has 7 heteroatoms. The van der Waals surface area contributed by atoms with Crippen molar-refractivity contribution < 1.29 is 8.42 Å². The third-order valence-electron chi connectivity index (χ3n) is 3.15. The maximum atomic E-state index is 12.7. The van der Waals surface area contributed by atoms with Gasteiger partial charge in [0.15, 0.2) is 0 Å². The second-order valence-electron chi connectivity index (χ2n) is 5.16. The topological polar surface area (TPSA) is 76.3 Å². The highest BCUT2D eigenvalue weighted by Gasteiger charge is 2.26. The van der Waals surface area contributed by atoms with Gasteiger partial charge in [0.1, 0.15) is 9.88 Å². The zero-order chi connectivity index (χ0) is 16.0. The Morgan fingerprint density at radius 3 is 2.48 bits per heavy atom. The molecule has 0 aromatic carbocycles. The maximum absolute atomic E-state index is 12.7. The standard InChI is InChI=1S/C14H23N3O2S2/c1-4-5-6-9-17(11(2)3)21(18,19)12-7-8-13(14(15)20)16-10-12/h7-8,10-11H,4-6,9H2,1-3H3,(H2,15,20). The lowest BCUT2D eigenvalue weighted by molar-refractivity contribution is 0.345. The van der Waals surface area contributed by atoms with Gasteiger partial charge < -0.3 is 5.73 Å². The zero-order valence-corrected chi connectivity index (χ0v) is 14.4. The summed E-state index contributed by atoms with van der Waals surface area (Å²) in [5, 5.41) is 0. The van der Waals surface area contributed by atoms with E-state index in [0.717, 1.165) is 19.3 Å². The van der Waals surface area contributed by atoms with Crippen LogP contribution in [0.2, 0.25) is 0 Å². The van der Waals surface area contributed by atoms with Crippen LogP contribution in [0.1, 0.15) is 45.7 Å². The summed E-state index contributed by atoms with van der Waals surface area (Å²) in [4.78, 5) is 4.34. The molecule has 1 aromatic heterocycles. The summed E-state index contributed by atoms with van der Waals surface area (Å²) in [5.74, 6) is 0.